The van der Waals surface area contributed by atoms with Crippen molar-refractivity contribution in [2.24, 2.45) is 5.92 Å². The zero-order valence-electron chi connectivity index (χ0n) is 16.6. The molecule has 1 heterocycles. The summed E-state index contributed by atoms with van der Waals surface area (Å²) < 4.78 is 0. The molecule has 0 bridgehead atoms. The fourth-order valence-electron chi connectivity index (χ4n) is 2.51. The molecule has 29 heavy (non-hydrogen) atoms. The molecule has 2 N–H and O–H groups in total. The van der Waals surface area contributed by atoms with Crippen molar-refractivity contribution in [3.05, 3.63) is 55.0 Å². The number of nitrogens with one attached hydrogen (secondary N) is 2. The Hall–Kier alpha value is -2.52. The number of thiazole rings is 1. The zero-order valence-corrected chi connectivity index (χ0v) is 18.1. The van der Waals surface area contributed by atoms with E-state index in [2.05, 4.69) is 29.5 Å². The normalized spacial score (nSPS) is 12.1. The molecular weight excluding hydrogens is 416 g/mol. The van der Waals surface area contributed by atoms with Gasteiger partial charge in [0.25, 0.3) is 11.6 Å². The lowest BCUT2D eigenvalue weighted by Crippen LogP contribution is -2.49. The van der Waals surface area contributed by atoms with E-state index in [4.69, 9.17) is 11.6 Å². The average molecular weight is 439 g/mol. The van der Waals surface area contributed by atoms with Crippen LogP contribution in [0.15, 0.2) is 23.6 Å². The molecule has 10 heteroatoms. The fraction of sp³-hybridized carbons (Fsp3) is 0.421. The van der Waals surface area contributed by atoms with Gasteiger partial charge in [-0.15, -0.1) is 11.3 Å². The molecule has 2 amide bonds. The quantitative estimate of drug-likeness (QED) is 0.479. The van der Waals surface area contributed by atoms with Gasteiger partial charge in [-0.3, -0.25) is 19.7 Å². The first kappa shape index (κ1) is 22.8. The highest BCUT2D eigenvalue weighted by Crippen LogP contribution is 2.23. The van der Waals surface area contributed by atoms with Crippen molar-refractivity contribution < 1.29 is 14.5 Å². The second-order valence-corrected chi connectivity index (χ2v) is 8.46. The van der Waals surface area contributed by atoms with Crippen molar-refractivity contribution in [3.63, 3.8) is 0 Å². The van der Waals surface area contributed by atoms with E-state index < -0.39 is 16.9 Å². The minimum absolute atomic E-state index is 0.0525. The summed E-state index contributed by atoms with van der Waals surface area (Å²) in [6.07, 6.45) is 0. The molecule has 1 unspecified atom stereocenters. The van der Waals surface area contributed by atoms with Gasteiger partial charge in [0.2, 0.25) is 5.91 Å². The Morgan fingerprint density at radius 1 is 1.28 bits per heavy atom. The van der Waals surface area contributed by atoms with E-state index >= 15 is 0 Å². The number of hydrogen-bond acceptors (Lipinski definition) is 6. The molecule has 1 aromatic heterocycles. The number of hydrogen-bond donors (Lipinski definition) is 2. The Morgan fingerprint density at radius 2 is 1.97 bits per heavy atom. The van der Waals surface area contributed by atoms with Crippen molar-refractivity contribution in [2.75, 3.05) is 0 Å². The maximum absolute atomic E-state index is 12.6. The maximum atomic E-state index is 12.6. The van der Waals surface area contributed by atoms with E-state index in [-0.39, 0.29) is 34.6 Å². The van der Waals surface area contributed by atoms with Crippen LogP contribution in [-0.2, 0) is 11.3 Å². The van der Waals surface area contributed by atoms with Crippen LogP contribution in [0.5, 0.6) is 0 Å². The number of amides is 2. The first-order valence-corrected chi connectivity index (χ1v) is 10.3. The van der Waals surface area contributed by atoms with Gasteiger partial charge in [0.05, 0.1) is 32.8 Å². The molecule has 0 spiro atoms. The third kappa shape index (κ3) is 5.98. The van der Waals surface area contributed by atoms with Gasteiger partial charge in [0.1, 0.15) is 6.04 Å². The van der Waals surface area contributed by atoms with Crippen molar-refractivity contribution in [1.82, 2.24) is 15.6 Å². The van der Waals surface area contributed by atoms with E-state index in [9.17, 15) is 19.7 Å². The molecule has 0 fully saturated rings. The van der Waals surface area contributed by atoms with E-state index in [1.165, 1.54) is 12.1 Å². The van der Waals surface area contributed by atoms with Gasteiger partial charge in [-0.25, -0.2) is 4.98 Å². The average Bonchev–Trinajstić information content (AvgIpc) is 3.13. The molecule has 0 saturated carbocycles. The summed E-state index contributed by atoms with van der Waals surface area (Å²) in [5, 5.41) is 19.1. The van der Waals surface area contributed by atoms with Gasteiger partial charge in [0.15, 0.2) is 0 Å². The second-order valence-electron chi connectivity index (χ2n) is 7.17. The van der Waals surface area contributed by atoms with Crippen LogP contribution < -0.4 is 10.6 Å². The summed E-state index contributed by atoms with van der Waals surface area (Å²) in [6, 6.07) is 2.78. The predicted molar refractivity (Wildman–Crippen MR) is 112 cm³/mol. The predicted octanol–water partition coefficient (Wildman–Crippen LogP) is 3.90. The number of nitro benzene ring substituents is 1. The minimum Gasteiger partial charge on any atom is -0.349 e. The smallest absolute Gasteiger partial charge is 0.270 e. The Bertz CT molecular complexity index is 913. The standard InChI is InChI=1S/C19H23ClN4O4S/c1-10(2)16(18(26)21-8-12-9-29-19(22-12)11(3)4)23-17(25)14-6-5-13(24(27)28)7-15(14)20/h5-7,9-11,16H,8H2,1-4H3,(H,21,26)(H,23,25). The monoisotopic (exact) mass is 438 g/mol. The lowest BCUT2D eigenvalue weighted by atomic mass is 10.0. The first-order chi connectivity index (χ1) is 13.6. The molecule has 0 radical (unpaired) electrons. The summed E-state index contributed by atoms with van der Waals surface area (Å²) >= 11 is 7.55. The van der Waals surface area contributed by atoms with Gasteiger partial charge in [-0.05, 0) is 12.0 Å². The third-order valence-corrected chi connectivity index (χ3v) is 5.66. The van der Waals surface area contributed by atoms with Crippen LogP contribution in [0.3, 0.4) is 0 Å². The number of aromatic nitrogens is 1. The SMILES string of the molecule is CC(C)c1nc(CNC(=O)C(NC(=O)c2ccc([N+](=O)[O-])cc2Cl)C(C)C)cs1. The van der Waals surface area contributed by atoms with Gasteiger partial charge in [-0.2, -0.15) is 0 Å². The number of nitro groups is 1. The van der Waals surface area contributed by atoms with Crippen molar-refractivity contribution in [2.45, 2.75) is 46.2 Å². The van der Waals surface area contributed by atoms with E-state index in [0.29, 0.717) is 5.92 Å². The number of carbonyl (C=O) groups is 2. The molecule has 0 aliphatic rings. The van der Waals surface area contributed by atoms with Crippen molar-refractivity contribution >= 4 is 40.4 Å². The summed E-state index contributed by atoms with van der Waals surface area (Å²) in [5.74, 6) is -0.781. The molecule has 0 saturated heterocycles. The largest absolute Gasteiger partial charge is 0.349 e. The summed E-state index contributed by atoms with van der Waals surface area (Å²) in [7, 11) is 0. The van der Waals surface area contributed by atoms with Gasteiger partial charge in [-0.1, -0.05) is 39.3 Å². The lowest BCUT2D eigenvalue weighted by molar-refractivity contribution is -0.384. The van der Waals surface area contributed by atoms with E-state index in [0.717, 1.165) is 16.8 Å². The number of carbonyl (C=O) groups excluding carboxylic acids is 2. The Balaban J connectivity index is 2.05. The number of nitrogens with zero attached hydrogens (tertiary/aromatic N) is 2. The summed E-state index contributed by atoms with van der Waals surface area (Å²) in [6.45, 7) is 7.98. The molecule has 2 rings (SSSR count). The number of non-ortho nitro benzene ring substituents is 1. The van der Waals surface area contributed by atoms with Crippen LogP contribution in [0.25, 0.3) is 0 Å². The Morgan fingerprint density at radius 3 is 2.48 bits per heavy atom. The van der Waals surface area contributed by atoms with Gasteiger partial charge in [0, 0.05) is 23.4 Å². The summed E-state index contributed by atoms with van der Waals surface area (Å²) in [4.78, 5) is 39.9. The van der Waals surface area contributed by atoms with Crippen LogP contribution in [-0.4, -0.2) is 27.8 Å². The van der Waals surface area contributed by atoms with Crippen LogP contribution in [0.4, 0.5) is 5.69 Å². The third-order valence-electron chi connectivity index (χ3n) is 4.15. The number of rotatable bonds is 8. The minimum atomic E-state index is -0.794. The Labute approximate surface area is 177 Å². The van der Waals surface area contributed by atoms with Crippen molar-refractivity contribution in [3.8, 4) is 0 Å². The van der Waals surface area contributed by atoms with Crippen LogP contribution in [0, 0.1) is 16.0 Å². The fourth-order valence-corrected chi connectivity index (χ4v) is 3.61. The lowest BCUT2D eigenvalue weighted by Gasteiger charge is -2.21. The second kappa shape index (κ2) is 9.80. The molecular formula is C19H23ClN4O4S. The maximum Gasteiger partial charge on any atom is 0.270 e. The molecule has 0 aliphatic heterocycles. The molecule has 156 valence electrons. The Kier molecular flexibility index (Phi) is 7.69. The number of benzene rings is 1. The molecule has 1 aromatic carbocycles. The molecule has 1 atom stereocenters. The molecule has 8 nitrogen and oxygen atoms in total. The van der Waals surface area contributed by atoms with Crippen LogP contribution in [0.1, 0.15) is 54.7 Å². The van der Waals surface area contributed by atoms with E-state index in [1.54, 1.807) is 11.3 Å². The molecule has 0 aliphatic carbocycles. The van der Waals surface area contributed by atoms with Gasteiger partial charge >= 0.3 is 0 Å². The highest BCUT2D eigenvalue weighted by molar-refractivity contribution is 7.09. The first-order valence-electron chi connectivity index (χ1n) is 9.07. The molecule has 2 aromatic rings. The van der Waals surface area contributed by atoms with Crippen LogP contribution >= 0.6 is 22.9 Å². The highest BCUT2D eigenvalue weighted by atomic mass is 35.5. The van der Waals surface area contributed by atoms with E-state index in [1.807, 2.05) is 19.2 Å². The van der Waals surface area contributed by atoms with Crippen LogP contribution in [0.2, 0.25) is 5.02 Å². The summed E-state index contributed by atoms with van der Waals surface area (Å²) in [5.41, 5.74) is 0.616. The van der Waals surface area contributed by atoms with Gasteiger partial charge < -0.3 is 10.6 Å². The topological polar surface area (TPSA) is 114 Å². The number of halogens is 1. The highest BCUT2D eigenvalue weighted by Gasteiger charge is 2.26. The zero-order chi connectivity index (χ0) is 21.7. The van der Waals surface area contributed by atoms with Crippen molar-refractivity contribution in [1.29, 1.82) is 0 Å².